The first-order valence-electron chi connectivity index (χ1n) is 10.5. The quantitative estimate of drug-likeness (QED) is 0.554. The summed E-state index contributed by atoms with van der Waals surface area (Å²) < 4.78 is 16.4. The molecule has 3 aromatic rings. The summed E-state index contributed by atoms with van der Waals surface area (Å²) >= 11 is 0. The molecule has 31 heavy (non-hydrogen) atoms. The Bertz CT molecular complexity index is 1000. The Morgan fingerprint density at radius 1 is 1.00 bits per heavy atom. The van der Waals surface area contributed by atoms with E-state index in [1.807, 2.05) is 47.4 Å². The molecule has 0 aliphatic carbocycles. The number of hydrogen-bond acceptors (Lipinski definition) is 5. The molecule has 6 nitrogen and oxygen atoms in total. The molecule has 0 fully saturated rings. The molecule has 1 aliphatic heterocycles. The summed E-state index contributed by atoms with van der Waals surface area (Å²) in [6.07, 6.45) is 2.47. The first-order valence-corrected chi connectivity index (χ1v) is 10.5. The normalized spacial score (nSPS) is 13.2. The Hall–Kier alpha value is -3.25. The number of carbonyl (C=O) groups excluding carboxylic acids is 1. The van der Waals surface area contributed by atoms with Gasteiger partial charge in [-0.1, -0.05) is 30.3 Å². The first kappa shape index (κ1) is 21.0. The Morgan fingerprint density at radius 3 is 2.42 bits per heavy atom. The fourth-order valence-electron chi connectivity index (χ4n) is 4.02. The predicted octanol–water partition coefficient (Wildman–Crippen LogP) is 3.88. The summed E-state index contributed by atoms with van der Waals surface area (Å²) in [6.45, 7) is 2.87. The minimum absolute atomic E-state index is 0.114. The van der Waals surface area contributed by atoms with Crippen molar-refractivity contribution >= 4 is 5.91 Å². The number of fused-ring (bicyclic) bond motifs is 1. The lowest BCUT2D eigenvalue weighted by Gasteiger charge is -2.31. The molecular weight excluding hydrogens is 392 g/mol. The fourth-order valence-corrected chi connectivity index (χ4v) is 4.02. The molecular formula is C25H28N2O4. The van der Waals surface area contributed by atoms with Gasteiger partial charge in [-0.2, -0.15) is 0 Å². The smallest absolute Gasteiger partial charge is 0.237 e. The van der Waals surface area contributed by atoms with E-state index >= 15 is 0 Å². The van der Waals surface area contributed by atoms with Gasteiger partial charge >= 0.3 is 0 Å². The number of rotatable bonds is 8. The van der Waals surface area contributed by atoms with Gasteiger partial charge in [-0.05, 0) is 47.4 Å². The van der Waals surface area contributed by atoms with Crippen molar-refractivity contribution in [3.8, 4) is 11.5 Å². The van der Waals surface area contributed by atoms with Crippen molar-refractivity contribution in [1.29, 1.82) is 0 Å². The van der Waals surface area contributed by atoms with E-state index in [-0.39, 0.29) is 5.91 Å². The molecule has 1 aromatic heterocycles. The number of benzene rings is 2. The number of nitrogens with zero attached hydrogens (tertiary/aromatic N) is 2. The Kier molecular flexibility index (Phi) is 6.57. The largest absolute Gasteiger partial charge is 0.493 e. The van der Waals surface area contributed by atoms with E-state index < -0.39 is 0 Å². The van der Waals surface area contributed by atoms with Gasteiger partial charge in [0, 0.05) is 19.6 Å². The highest BCUT2D eigenvalue weighted by molar-refractivity contribution is 5.78. The highest BCUT2D eigenvalue weighted by atomic mass is 16.5. The molecule has 1 aliphatic rings. The molecule has 0 radical (unpaired) electrons. The van der Waals surface area contributed by atoms with Gasteiger partial charge in [0.25, 0.3) is 0 Å². The van der Waals surface area contributed by atoms with Gasteiger partial charge < -0.3 is 18.8 Å². The first-order chi connectivity index (χ1) is 15.2. The number of ether oxygens (including phenoxy) is 2. The zero-order valence-corrected chi connectivity index (χ0v) is 18.0. The van der Waals surface area contributed by atoms with Crippen molar-refractivity contribution in [3.05, 3.63) is 83.3 Å². The second-order valence-electron chi connectivity index (χ2n) is 7.75. The van der Waals surface area contributed by atoms with Crippen molar-refractivity contribution in [1.82, 2.24) is 9.80 Å². The monoisotopic (exact) mass is 420 g/mol. The zero-order valence-electron chi connectivity index (χ0n) is 18.0. The van der Waals surface area contributed by atoms with Crippen LogP contribution in [-0.4, -0.2) is 43.0 Å². The summed E-state index contributed by atoms with van der Waals surface area (Å²) in [6, 6.07) is 18.0. The maximum atomic E-state index is 13.2. The van der Waals surface area contributed by atoms with Crippen molar-refractivity contribution in [2.75, 3.05) is 27.3 Å². The standard InChI is InChI=1S/C25H28N2O4/c1-29-23-13-20-10-11-27(16-21(20)14-24(23)30-2)25(28)18-26(17-22-9-6-12-31-22)15-19-7-4-3-5-8-19/h3-9,12-14H,10-11,15-18H2,1-2H3. The number of furan rings is 1. The van der Waals surface area contributed by atoms with Crippen molar-refractivity contribution in [3.63, 3.8) is 0 Å². The summed E-state index contributed by atoms with van der Waals surface area (Å²) in [5.74, 6) is 2.39. The van der Waals surface area contributed by atoms with Crippen molar-refractivity contribution < 1.29 is 18.7 Å². The molecule has 6 heteroatoms. The maximum Gasteiger partial charge on any atom is 0.237 e. The molecule has 0 saturated carbocycles. The molecule has 162 valence electrons. The number of methoxy groups -OCH3 is 2. The van der Waals surface area contributed by atoms with Gasteiger partial charge in [0.2, 0.25) is 5.91 Å². The van der Waals surface area contributed by atoms with Gasteiger partial charge in [0.15, 0.2) is 11.5 Å². The Labute approximate surface area is 183 Å². The topological polar surface area (TPSA) is 55.2 Å². The molecule has 0 saturated heterocycles. The Balaban J connectivity index is 1.47. The minimum atomic E-state index is 0.114. The second kappa shape index (κ2) is 9.71. The lowest BCUT2D eigenvalue weighted by molar-refractivity contribution is -0.133. The van der Waals surface area contributed by atoms with Gasteiger partial charge in [-0.25, -0.2) is 0 Å². The van der Waals surface area contributed by atoms with Gasteiger partial charge in [0.1, 0.15) is 5.76 Å². The van der Waals surface area contributed by atoms with Crippen LogP contribution in [0.3, 0.4) is 0 Å². The van der Waals surface area contributed by atoms with Crippen molar-refractivity contribution in [2.24, 2.45) is 0 Å². The van der Waals surface area contributed by atoms with Crippen LogP contribution in [0.25, 0.3) is 0 Å². The number of hydrogen-bond donors (Lipinski definition) is 0. The summed E-state index contributed by atoms with van der Waals surface area (Å²) in [7, 11) is 3.27. The number of carbonyl (C=O) groups is 1. The summed E-state index contributed by atoms with van der Waals surface area (Å²) in [5.41, 5.74) is 3.49. The molecule has 0 atom stereocenters. The molecule has 0 spiro atoms. The van der Waals surface area contributed by atoms with Crippen LogP contribution in [0, 0.1) is 0 Å². The van der Waals surface area contributed by atoms with E-state index in [0.717, 1.165) is 23.5 Å². The van der Waals surface area contributed by atoms with Gasteiger partial charge in [-0.15, -0.1) is 0 Å². The van der Waals surface area contributed by atoms with Crippen LogP contribution in [0.1, 0.15) is 22.5 Å². The van der Waals surface area contributed by atoms with Crippen LogP contribution in [0.4, 0.5) is 0 Å². The zero-order chi connectivity index (χ0) is 21.6. The van der Waals surface area contributed by atoms with Crippen LogP contribution in [0.15, 0.2) is 65.3 Å². The lowest BCUT2D eigenvalue weighted by atomic mass is 9.98. The van der Waals surface area contributed by atoms with E-state index in [0.29, 0.717) is 38.5 Å². The van der Waals surface area contributed by atoms with Gasteiger partial charge in [-0.3, -0.25) is 9.69 Å². The molecule has 2 aromatic carbocycles. The highest BCUT2D eigenvalue weighted by Gasteiger charge is 2.24. The van der Waals surface area contributed by atoms with Crippen LogP contribution in [0.5, 0.6) is 11.5 Å². The average Bonchev–Trinajstić information content (AvgIpc) is 3.31. The van der Waals surface area contributed by atoms with E-state index in [2.05, 4.69) is 17.0 Å². The lowest BCUT2D eigenvalue weighted by Crippen LogP contribution is -2.42. The van der Waals surface area contributed by atoms with E-state index in [4.69, 9.17) is 13.9 Å². The van der Waals surface area contributed by atoms with E-state index in [1.165, 1.54) is 11.1 Å². The molecule has 2 heterocycles. The molecule has 0 unspecified atom stereocenters. The van der Waals surface area contributed by atoms with Crippen molar-refractivity contribution in [2.45, 2.75) is 26.1 Å². The molecule has 4 rings (SSSR count). The molecule has 0 bridgehead atoms. The summed E-state index contributed by atoms with van der Waals surface area (Å²) in [4.78, 5) is 17.3. The SMILES string of the molecule is COc1cc2c(cc1OC)CN(C(=O)CN(Cc1ccccc1)Cc1ccco1)CC2. The third-order valence-corrected chi connectivity index (χ3v) is 5.64. The summed E-state index contributed by atoms with van der Waals surface area (Å²) in [5, 5.41) is 0. The highest BCUT2D eigenvalue weighted by Crippen LogP contribution is 2.33. The fraction of sp³-hybridized carbons (Fsp3) is 0.320. The second-order valence-corrected chi connectivity index (χ2v) is 7.75. The van der Waals surface area contributed by atoms with Crippen LogP contribution in [0.2, 0.25) is 0 Å². The van der Waals surface area contributed by atoms with Gasteiger partial charge in [0.05, 0.1) is 33.6 Å². The predicted molar refractivity (Wildman–Crippen MR) is 118 cm³/mol. The third kappa shape index (κ3) is 5.09. The number of amides is 1. The Morgan fingerprint density at radius 2 is 1.74 bits per heavy atom. The van der Waals surface area contributed by atoms with Crippen LogP contribution in [-0.2, 0) is 30.8 Å². The van der Waals surface area contributed by atoms with Crippen LogP contribution >= 0.6 is 0 Å². The van der Waals surface area contributed by atoms with Crippen LogP contribution < -0.4 is 9.47 Å². The maximum absolute atomic E-state index is 13.2. The van der Waals surface area contributed by atoms with E-state index in [9.17, 15) is 4.79 Å². The minimum Gasteiger partial charge on any atom is -0.493 e. The third-order valence-electron chi connectivity index (χ3n) is 5.64. The van der Waals surface area contributed by atoms with E-state index in [1.54, 1.807) is 20.5 Å². The molecule has 0 N–H and O–H groups in total. The average molecular weight is 421 g/mol. The molecule has 1 amide bonds.